The minimum absolute atomic E-state index is 0.0149. The zero-order chi connectivity index (χ0) is 14.4. The summed E-state index contributed by atoms with van der Waals surface area (Å²) in [5.41, 5.74) is 3.78. The Morgan fingerprint density at radius 2 is 1.60 bits per heavy atom. The third kappa shape index (κ3) is 3.77. The van der Waals surface area contributed by atoms with Gasteiger partial charge >= 0.3 is 0 Å². The first-order valence-electron chi connectivity index (χ1n) is 7.27. The van der Waals surface area contributed by atoms with E-state index in [0.29, 0.717) is 0 Å². The first kappa shape index (κ1) is 14.9. The Labute approximate surface area is 127 Å². The van der Waals surface area contributed by atoms with Crippen LogP contribution >= 0.6 is 11.6 Å². The normalized spacial score (nSPS) is 12.2. The van der Waals surface area contributed by atoms with E-state index in [1.165, 1.54) is 16.8 Å². The number of aryl methyl sites for hydroxylation is 1. The van der Waals surface area contributed by atoms with Crippen molar-refractivity contribution < 1.29 is 0 Å². The number of halogens is 1. The number of para-hydroxylation sites is 1. The summed E-state index contributed by atoms with van der Waals surface area (Å²) < 4.78 is 0. The molecule has 0 bridgehead atoms. The van der Waals surface area contributed by atoms with Gasteiger partial charge < -0.3 is 4.90 Å². The molecule has 2 aromatic carbocycles. The van der Waals surface area contributed by atoms with E-state index in [1.807, 2.05) is 6.07 Å². The lowest BCUT2D eigenvalue weighted by atomic mass is 10.1. The number of likely N-dealkylation sites (N-methyl/N-ethyl adjacent to an activating group) is 1. The first-order valence-corrected chi connectivity index (χ1v) is 7.71. The fourth-order valence-electron chi connectivity index (χ4n) is 2.32. The van der Waals surface area contributed by atoms with Crippen molar-refractivity contribution in [1.29, 1.82) is 0 Å². The Morgan fingerprint density at radius 1 is 0.950 bits per heavy atom. The van der Waals surface area contributed by atoms with E-state index in [-0.39, 0.29) is 5.38 Å². The van der Waals surface area contributed by atoms with E-state index < -0.39 is 0 Å². The second-order valence-electron chi connectivity index (χ2n) is 4.94. The van der Waals surface area contributed by atoms with Crippen molar-refractivity contribution in [2.45, 2.75) is 25.6 Å². The van der Waals surface area contributed by atoms with Gasteiger partial charge in [-0.3, -0.25) is 0 Å². The lowest BCUT2D eigenvalue weighted by Crippen LogP contribution is -2.26. The number of hydrogen-bond acceptors (Lipinski definition) is 1. The van der Waals surface area contributed by atoms with E-state index in [0.717, 1.165) is 19.5 Å². The van der Waals surface area contributed by atoms with Crippen LogP contribution in [0.5, 0.6) is 0 Å². The van der Waals surface area contributed by atoms with Crippen LogP contribution in [-0.2, 0) is 6.42 Å². The van der Waals surface area contributed by atoms with Crippen molar-refractivity contribution in [3.8, 4) is 0 Å². The number of hydrogen-bond donors (Lipinski definition) is 0. The van der Waals surface area contributed by atoms with Crippen LogP contribution < -0.4 is 4.90 Å². The molecule has 0 fully saturated rings. The molecule has 0 aromatic heterocycles. The van der Waals surface area contributed by atoms with E-state index in [9.17, 15) is 0 Å². The molecule has 1 nitrogen and oxygen atoms in total. The zero-order valence-corrected chi connectivity index (χ0v) is 13.0. The number of rotatable bonds is 6. The molecule has 1 atom stereocenters. The minimum atomic E-state index is 0.0149. The molecule has 2 heteroatoms. The summed E-state index contributed by atoms with van der Waals surface area (Å²) >= 11 is 6.58. The van der Waals surface area contributed by atoms with Crippen molar-refractivity contribution in [2.24, 2.45) is 0 Å². The van der Waals surface area contributed by atoms with E-state index in [4.69, 9.17) is 11.6 Å². The Kier molecular flexibility index (Phi) is 5.49. The molecule has 0 aliphatic rings. The SMILES string of the molecule is CCc1ccc(C(Cl)CN(CC)c2ccccc2)cc1. The molecule has 106 valence electrons. The maximum Gasteiger partial charge on any atom is 0.0760 e. The molecule has 0 radical (unpaired) electrons. The topological polar surface area (TPSA) is 3.24 Å². The standard InChI is InChI=1S/C18H22ClN/c1-3-15-10-12-16(13-11-15)18(19)14-20(4-2)17-8-6-5-7-9-17/h5-13,18H,3-4,14H2,1-2H3. The molecule has 0 aliphatic carbocycles. The van der Waals surface area contributed by atoms with Gasteiger partial charge in [-0.05, 0) is 36.6 Å². The summed E-state index contributed by atoms with van der Waals surface area (Å²) in [7, 11) is 0. The third-order valence-corrected chi connectivity index (χ3v) is 4.02. The molecular weight excluding hydrogens is 266 g/mol. The summed E-state index contributed by atoms with van der Waals surface area (Å²) in [6.45, 7) is 6.12. The second kappa shape index (κ2) is 7.35. The number of nitrogens with zero attached hydrogens (tertiary/aromatic N) is 1. The van der Waals surface area contributed by atoms with E-state index in [2.05, 4.69) is 67.3 Å². The Balaban J connectivity index is 2.06. The average molecular weight is 288 g/mol. The molecule has 0 heterocycles. The van der Waals surface area contributed by atoms with E-state index in [1.54, 1.807) is 0 Å². The largest absolute Gasteiger partial charge is 0.370 e. The zero-order valence-electron chi connectivity index (χ0n) is 12.2. The van der Waals surface area contributed by atoms with Gasteiger partial charge in [-0.25, -0.2) is 0 Å². The Bertz CT molecular complexity index is 507. The molecule has 1 unspecified atom stereocenters. The third-order valence-electron chi connectivity index (χ3n) is 3.63. The van der Waals surface area contributed by atoms with Gasteiger partial charge in [0.05, 0.1) is 5.38 Å². The maximum atomic E-state index is 6.58. The van der Waals surface area contributed by atoms with Crippen molar-refractivity contribution in [3.05, 3.63) is 65.7 Å². The summed E-state index contributed by atoms with van der Waals surface area (Å²) in [5.74, 6) is 0. The van der Waals surface area contributed by atoms with Crippen LogP contribution in [-0.4, -0.2) is 13.1 Å². The van der Waals surface area contributed by atoms with Crippen LogP contribution in [0.1, 0.15) is 30.4 Å². The highest BCUT2D eigenvalue weighted by molar-refractivity contribution is 6.21. The highest BCUT2D eigenvalue weighted by atomic mass is 35.5. The summed E-state index contributed by atoms with van der Waals surface area (Å²) in [6.07, 6.45) is 1.07. The first-order chi connectivity index (χ1) is 9.74. The highest BCUT2D eigenvalue weighted by Crippen LogP contribution is 2.25. The highest BCUT2D eigenvalue weighted by Gasteiger charge is 2.13. The van der Waals surface area contributed by atoms with Crippen molar-refractivity contribution in [1.82, 2.24) is 0 Å². The van der Waals surface area contributed by atoms with Gasteiger partial charge in [0.1, 0.15) is 0 Å². The fraction of sp³-hybridized carbons (Fsp3) is 0.333. The van der Waals surface area contributed by atoms with Gasteiger partial charge in [-0.1, -0.05) is 49.4 Å². The quantitative estimate of drug-likeness (QED) is 0.672. The molecule has 0 aliphatic heterocycles. The molecular formula is C18H22ClN. The predicted octanol–water partition coefficient (Wildman–Crippen LogP) is 5.06. The van der Waals surface area contributed by atoms with Crippen LogP contribution in [0.4, 0.5) is 5.69 Å². The molecule has 0 N–H and O–H groups in total. The summed E-state index contributed by atoms with van der Waals surface area (Å²) in [4.78, 5) is 2.31. The summed E-state index contributed by atoms with van der Waals surface area (Å²) in [5, 5.41) is 0.0149. The molecule has 2 aromatic rings. The van der Waals surface area contributed by atoms with Gasteiger partial charge in [-0.15, -0.1) is 11.6 Å². The summed E-state index contributed by atoms with van der Waals surface area (Å²) in [6, 6.07) is 19.1. The van der Waals surface area contributed by atoms with Crippen molar-refractivity contribution in [3.63, 3.8) is 0 Å². The van der Waals surface area contributed by atoms with Crippen LogP contribution in [0.25, 0.3) is 0 Å². The van der Waals surface area contributed by atoms with Crippen molar-refractivity contribution in [2.75, 3.05) is 18.0 Å². The fourth-order valence-corrected chi connectivity index (χ4v) is 2.63. The number of alkyl halides is 1. The monoisotopic (exact) mass is 287 g/mol. The smallest absolute Gasteiger partial charge is 0.0760 e. The van der Waals surface area contributed by atoms with Crippen LogP contribution in [0, 0.1) is 0 Å². The molecule has 0 saturated carbocycles. The Morgan fingerprint density at radius 3 is 2.15 bits per heavy atom. The van der Waals surface area contributed by atoms with Crippen LogP contribution in [0.15, 0.2) is 54.6 Å². The van der Waals surface area contributed by atoms with Crippen molar-refractivity contribution >= 4 is 17.3 Å². The second-order valence-corrected chi connectivity index (χ2v) is 5.46. The molecule has 0 spiro atoms. The van der Waals surface area contributed by atoms with E-state index >= 15 is 0 Å². The van der Waals surface area contributed by atoms with Gasteiger partial charge in [0, 0.05) is 18.8 Å². The molecule has 0 amide bonds. The number of anilines is 1. The predicted molar refractivity (Wildman–Crippen MR) is 88.7 cm³/mol. The molecule has 2 rings (SSSR count). The van der Waals surface area contributed by atoms with Crippen LogP contribution in [0.2, 0.25) is 0 Å². The molecule has 20 heavy (non-hydrogen) atoms. The number of benzene rings is 2. The lowest BCUT2D eigenvalue weighted by Gasteiger charge is -2.26. The average Bonchev–Trinajstić information content (AvgIpc) is 2.53. The maximum absolute atomic E-state index is 6.58. The van der Waals surface area contributed by atoms with Crippen LogP contribution in [0.3, 0.4) is 0 Å². The van der Waals surface area contributed by atoms with Gasteiger partial charge in [0.25, 0.3) is 0 Å². The minimum Gasteiger partial charge on any atom is -0.370 e. The lowest BCUT2D eigenvalue weighted by molar-refractivity contribution is 0.790. The van der Waals surface area contributed by atoms with Gasteiger partial charge in [-0.2, -0.15) is 0 Å². The Hall–Kier alpha value is -1.47. The van der Waals surface area contributed by atoms with Gasteiger partial charge in [0.2, 0.25) is 0 Å². The van der Waals surface area contributed by atoms with Gasteiger partial charge in [0.15, 0.2) is 0 Å². The molecule has 0 saturated heterocycles.